The minimum Gasteiger partial charge on any atom is -0.352 e. The van der Waals surface area contributed by atoms with Crippen molar-refractivity contribution in [2.24, 2.45) is 5.92 Å². The Bertz CT molecular complexity index is 973. The van der Waals surface area contributed by atoms with Crippen LogP contribution in [0.2, 0.25) is 5.02 Å². The molecule has 1 amide bonds. The normalized spacial score (nSPS) is 16.4. The molecule has 2 aromatic rings. The highest BCUT2D eigenvalue weighted by molar-refractivity contribution is 7.89. The average molecular weight is 449 g/mol. The van der Waals surface area contributed by atoms with Gasteiger partial charge in [-0.05, 0) is 53.6 Å². The summed E-state index contributed by atoms with van der Waals surface area (Å²) in [6.07, 6.45) is 1.04. The Morgan fingerprint density at radius 2 is 1.60 bits per heavy atom. The molecule has 0 unspecified atom stereocenters. The Kier molecular flexibility index (Phi) is 6.90. The summed E-state index contributed by atoms with van der Waals surface area (Å²) in [6, 6.07) is 14.5. The van der Waals surface area contributed by atoms with Gasteiger partial charge in [0.1, 0.15) is 0 Å². The van der Waals surface area contributed by atoms with Gasteiger partial charge in [0, 0.05) is 30.6 Å². The number of halogens is 1. The van der Waals surface area contributed by atoms with Gasteiger partial charge in [-0.1, -0.05) is 56.6 Å². The van der Waals surface area contributed by atoms with E-state index in [9.17, 15) is 13.2 Å². The third kappa shape index (κ3) is 5.42. The van der Waals surface area contributed by atoms with Gasteiger partial charge >= 0.3 is 0 Å². The first-order valence-electron chi connectivity index (χ1n) is 10.2. The minimum atomic E-state index is -3.54. The Hall–Kier alpha value is -1.89. The number of carbonyl (C=O) groups excluding carboxylic acids is 1. The topological polar surface area (TPSA) is 66.5 Å². The van der Waals surface area contributed by atoms with E-state index in [1.807, 2.05) is 24.3 Å². The monoisotopic (exact) mass is 448 g/mol. The van der Waals surface area contributed by atoms with Gasteiger partial charge in [0.2, 0.25) is 15.9 Å². The highest BCUT2D eigenvalue weighted by atomic mass is 35.5. The van der Waals surface area contributed by atoms with E-state index in [2.05, 4.69) is 26.1 Å². The number of hydrogen-bond donors (Lipinski definition) is 1. The first kappa shape index (κ1) is 22.8. The van der Waals surface area contributed by atoms with Crippen LogP contribution in [0.25, 0.3) is 0 Å². The van der Waals surface area contributed by atoms with Crippen LogP contribution in [0, 0.1) is 5.92 Å². The van der Waals surface area contributed by atoms with Crippen LogP contribution in [0.3, 0.4) is 0 Å². The lowest BCUT2D eigenvalue weighted by Gasteiger charge is -2.30. The van der Waals surface area contributed by atoms with Crippen LogP contribution in [0.5, 0.6) is 0 Å². The third-order valence-corrected chi connectivity index (χ3v) is 7.73. The zero-order valence-corrected chi connectivity index (χ0v) is 19.3. The van der Waals surface area contributed by atoms with Crippen molar-refractivity contribution in [3.8, 4) is 0 Å². The van der Waals surface area contributed by atoms with Gasteiger partial charge in [0.25, 0.3) is 0 Å². The quantitative estimate of drug-likeness (QED) is 0.739. The minimum absolute atomic E-state index is 0.0278. The predicted molar refractivity (Wildman–Crippen MR) is 120 cm³/mol. The third-order valence-electron chi connectivity index (χ3n) is 5.56. The maximum atomic E-state index is 13.0. The molecule has 1 heterocycles. The number of nitrogens with one attached hydrogen (secondary N) is 1. The number of sulfonamides is 1. The second-order valence-corrected chi connectivity index (χ2v) is 11.2. The summed E-state index contributed by atoms with van der Waals surface area (Å²) in [7, 11) is -3.54. The average Bonchev–Trinajstić information content (AvgIpc) is 2.72. The second kappa shape index (κ2) is 9.08. The second-order valence-electron chi connectivity index (χ2n) is 8.80. The summed E-state index contributed by atoms with van der Waals surface area (Å²) in [4.78, 5) is 12.8. The van der Waals surface area contributed by atoms with Gasteiger partial charge < -0.3 is 5.32 Å². The molecule has 0 spiro atoms. The van der Waals surface area contributed by atoms with Crippen molar-refractivity contribution in [1.82, 2.24) is 9.62 Å². The standard InChI is InChI=1S/C23H29ClN2O3S/c1-23(2,3)19-6-10-21(11-7-19)30(28,29)26-14-12-18(13-15-26)22(27)25-16-17-4-8-20(24)9-5-17/h4-11,18H,12-16H2,1-3H3,(H,25,27). The molecular weight excluding hydrogens is 420 g/mol. The molecule has 2 aromatic carbocycles. The van der Waals surface area contributed by atoms with Crippen molar-refractivity contribution in [3.05, 3.63) is 64.7 Å². The summed E-state index contributed by atoms with van der Waals surface area (Å²) >= 11 is 5.88. The number of hydrogen-bond acceptors (Lipinski definition) is 3. The first-order valence-corrected chi connectivity index (χ1v) is 12.0. The number of benzene rings is 2. The van der Waals surface area contributed by atoms with Crippen LogP contribution >= 0.6 is 11.6 Å². The molecule has 1 aliphatic heterocycles. The lowest BCUT2D eigenvalue weighted by molar-refractivity contribution is -0.126. The van der Waals surface area contributed by atoms with E-state index < -0.39 is 10.0 Å². The van der Waals surface area contributed by atoms with E-state index in [1.165, 1.54) is 4.31 Å². The van der Waals surface area contributed by atoms with E-state index in [0.717, 1.165) is 11.1 Å². The lowest BCUT2D eigenvalue weighted by atomic mass is 9.87. The van der Waals surface area contributed by atoms with E-state index >= 15 is 0 Å². The van der Waals surface area contributed by atoms with Crippen LogP contribution in [0.1, 0.15) is 44.7 Å². The maximum absolute atomic E-state index is 13.0. The molecule has 1 N–H and O–H groups in total. The Morgan fingerprint density at radius 1 is 1.03 bits per heavy atom. The fourth-order valence-corrected chi connectivity index (χ4v) is 5.17. The van der Waals surface area contributed by atoms with Crippen molar-refractivity contribution in [1.29, 1.82) is 0 Å². The van der Waals surface area contributed by atoms with E-state index in [1.54, 1.807) is 24.3 Å². The summed E-state index contributed by atoms with van der Waals surface area (Å²) in [6.45, 7) is 7.43. The van der Waals surface area contributed by atoms with Crippen LogP contribution in [0.15, 0.2) is 53.4 Å². The summed E-state index contributed by atoms with van der Waals surface area (Å²) in [5, 5.41) is 3.60. The fraction of sp³-hybridized carbons (Fsp3) is 0.435. The van der Waals surface area contributed by atoms with Gasteiger partial charge in [0.05, 0.1) is 4.90 Å². The molecule has 1 saturated heterocycles. The molecule has 7 heteroatoms. The molecule has 0 atom stereocenters. The van der Waals surface area contributed by atoms with Crippen molar-refractivity contribution in [3.63, 3.8) is 0 Å². The molecule has 0 radical (unpaired) electrons. The van der Waals surface area contributed by atoms with E-state index in [4.69, 9.17) is 11.6 Å². The van der Waals surface area contributed by atoms with Gasteiger partial charge in [-0.15, -0.1) is 0 Å². The Morgan fingerprint density at radius 3 is 2.13 bits per heavy atom. The zero-order chi connectivity index (χ0) is 21.9. The smallest absolute Gasteiger partial charge is 0.243 e. The van der Waals surface area contributed by atoms with Gasteiger partial charge in [-0.25, -0.2) is 8.42 Å². The van der Waals surface area contributed by atoms with Crippen molar-refractivity contribution in [2.45, 2.75) is 50.5 Å². The highest BCUT2D eigenvalue weighted by Crippen LogP contribution is 2.27. The van der Waals surface area contributed by atoms with Gasteiger partial charge in [-0.3, -0.25) is 4.79 Å². The maximum Gasteiger partial charge on any atom is 0.243 e. The Labute approximate surface area is 184 Å². The first-order chi connectivity index (χ1) is 14.1. The largest absolute Gasteiger partial charge is 0.352 e. The molecule has 3 rings (SSSR count). The lowest BCUT2D eigenvalue weighted by Crippen LogP contribution is -2.42. The molecule has 0 aromatic heterocycles. The molecule has 162 valence electrons. The van der Waals surface area contributed by atoms with Crippen LogP contribution in [0.4, 0.5) is 0 Å². The number of nitrogens with zero attached hydrogens (tertiary/aromatic N) is 1. The summed E-state index contributed by atoms with van der Waals surface area (Å²) in [5.74, 6) is -0.205. The number of piperidine rings is 1. The molecule has 0 bridgehead atoms. The van der Waals surface area contributed by atoms with Crippen LogP contribution in [-0.4, -0.2) is 31.7 Å². The molecule has 0 saturated carbocycles. The fourth-order valence-electron chi connectivity index (χ4n) is 3.57. The molecule has 0 aliphatic carbocycles. The van der Waals surface area contributed by atoms with Gasteiger partial charge in [-0.2, -0.15) is 4.31 Å². The Balaban J connectivity index is 1.56. The van der Waals surface area contributed by atoms with Crippen molar-refractivity contribution >= 4 is 27.5 Å². The van der Waals surface area contributed by atoms with Crippen LogP contribution in [-0.2, 0) is 26.8 Å². The SMILES string of the molecule is CC(C)(C)c1ccc(S(=O)(=O)N2CCC(C(=O)NCc3ccc(Cl)cc3)CC2)cc1. The van der Waals surface area contributed by atoms with Crippen molar-refractivity contribution in [2.75, 3.05) is 13.1 Å². The summed E-state index contributed by atoms with van der Waals surface area (Å²) < 4.78 is 27.4. The molecular formula is C23H29ClN2O3S. The van der Waals surface area contributed by atoms with Gasteiger partial charge in [0.15, 0.2) is 0 Å². The van der Waals surface area contributed by atoms with E-state index in [-0.39, 0.29) is 17.2 Å². The highest BCUT2D eigenvalue weighted by Gasteiger charge is 2.32. The molecule has 5 nitrogen and oxygen atoms in total. The zero-order valence-electron chi connectivity index (χ0n) is 17.7. The number of amides is 1. The number of rotatable bonds is 5. The molecule has 1 fully saturated rings. The molecule has 1 aliphatic rings. The summed E-state index contributed by atoms with van der Waals surface area (Å²) in [5.41, 5.74) is 2.05. The predicted octanol–water partition coefficient (Wildman–Crippen LogP) is 4.35. The van der Waals surface area contributed by atoms with Crippen molar-refractivity contribution < 1.29 is 13.2 Å². The molecule has 30 heavy (non-hydrogen) atoms. The number of carbonyl (C=O) groups is 1. The van der Waals surface area contributed by atoms with Crippen LogP contribution < -0.4 is 5.32 Å². The van der Waals surface area contributed by atoms with E-state index in [0.29, 0.717) is 42.4 Å².